The van der Waals surface area contributed by atoms with Crippen LogP contribution in [0.25, 0.3) is 0 Å². The average Bonchev–Trinajstić information content (AvgIpc) is 2.40. The van der Waals surface area contributed by atoms with E-state index in [0.717, 1.165) is 23.7 Å². The van der Waals surface area contributed by atoms with E-state index in [0.29, 0.717) is 0 Å². The Kier molecular flexibility index (Phi) is 5.13. The fraction of sp³-hybridized carbons (Fsp3) is 0.882. The molecule has 98 valence electrons. The Labute approximate surface area is 108 Å². The van der Waals surface area contributed by atoms with Crippen molar-refractivity contribution < 1.29 is 0 Å². The summed E-state index contributed by atoms with van der Waals surface area (Å²) in [6.45, 7) is 6.29. The maximum atomic E-state index is 3.95. The predicted molar refractivity (Wildman–Crippen MR) is 76.0 cm³/mol. The molecule has 0 heterocycles. The highest BCUT2D eigenvalue weighted by Gasteiger charge is 2.29. The molecule has 2 saturated carbocycles. The normalized spacial score (nSPS) is 38.9. The first-order valence-electron chi connectivity index (χ1n) is 7.96. The third-order valence-corrected chi connectivity index (χ3v) is 5.40. The summed E-state index contributed by atoms with van der Waals surface area (Å²) in [5.41, 5.74) is 0. The van der Waals surface area contributed by atoms with Crippen molar-refractivity contribution in [2.45, 2.75) is 71.1 Å². The van der Waals surface area contributed by atoms with Crippen molar-refractivity contribution in [3.05, 3.63) is 12.7 Å². The van der Waals surface area contributed by atoms with Crippen LogP contribution in [0.1, 0.15) is 71.1 Å². The van der Waals surface area contributed by atoms with Crippen molar-refractivity contribution in [2.24, 2.45) is 23.7 Å². The Morgan fingerprint density at radius 3 is 1.88 bits per heavy atom. The van der Waals surface area contributed by atoms with E-state index in [1.54, 1.807) is 0 Å². The molecule has 0 aromatic carbocycles. The van der Waals surface area contributed by atoms with E-state index in [1.165, 1.54) is 64.2 Å². The molecule has 0 N–H and O–H groups in total. The second kappa shape index (κ2) is 6.61. The monoisotopic (exact) mass is 234 g/mol. The summed E-state index contributed by atoms with van der Waals surface area (Å²) in [4.78, 5) is 0. The van der Waals surface area contributed by atoms with Gasteiger partial charge in [0, 0.05) is 0 Å². The lowest BCUT2D eigenvalue weighted by Crippen LogP contribution is -2.25. The first-order chi connectivity index (χ1) is 8.33. The zero-order chi connectivity index (χ0) is 12.1. The molecule has 0 radical (unpaired) electrons. The molecular weight excluding hydrogens is 204 g/mol. The smallest absolute Gasteiger partial charge is 0.0236 e. The van der Waals surface area contributed by atoms with Crippen LogP contribution in [0.5, 0.6) is 0 Å². The fourth-order valence-corrected chi connectivity index (χ4v) is 4.21. The van der Waals surface area contributed by atoms with Crippen LogP contribution in [0.15, 0.2) is 12.7 Å². The number of allylic oxidation sites excluding steroid dienone is 1. The number of hydrogen-bond donors (Lipinski definition) is 0. The van der Waals surface area contributed by atoms with Crippen molar-refractivity contribution in [3.8, 4) is 0 Å². The Hall–Kier alpha value is -0.260. The molecule has 0 nitrogen and oxygen atoms in total. The SMILES string of the molecule is C=CC1CCC([C@H]2CC[C@H](CCC)CC2)CC1. The highest BCUT2D eigenvalue weighted by Crippen LogP contribution is 2.42. The Morgan fingerprint density at radius 2 is 1.41 bits per heavy atom. The highest BCUT2D eigenvalue weighted by molar-refractivity contribution is 4.87. The van der Waals surface area contributed by atoms with Crippen LogP contribution in [0, 0.1) is 23.7 Å². The average molecular weight is 234 g/mol. The van der Waals surface area contributed by atoms with Gasteiger partial charge in [-0.05, 0) is 62.2 Å². The number of hydrogen-bond acceptors (Lipinski definition) is 0. The van der Waals surface area contributed by atoms with Gasteiger partial charge in [-0.3, -0.25) is 0 Å². The molecule has 0 aromatic rings. The van der Waals surface area contributed by atoms with Crippen molar-refractivity contribution in [1.82, 2.24) is 0 Å². The third-order valence-electron chi connectivity index (χ3n) is 5.40. The Bertz CT molecular complexity index is 214. The van der Waals surface area contributed by atoms with Crippen molar-refractivity contribution >= 4 is 0 Å². The van der Waals surface area contributed by atoms with Gasteiger partial charge in [-0.2, -0.15) is 0 Å². The van der Waals surface area contributed by atoms with Crippen LogP contribution in [0.2, 0.25) is 0 Å². The summed E-state index contributed by atoms with van der Waals surface area (Å²) >= 11 is 0. The summed E-state index contributed by atoms with van der Waals surface area (Å²) in [7, 11) is 0. The topological polar surface area (TPSA) is 0 Å². The molecule has 0 spiro atoms. The first kappa shape index (κ1) is 13.2. The maximum Gasteiger partial charge on any atom is -0.0236 e. The second-order valence-electron chi connectivity index (χ2n) is 6.48. The molecule has 0 atom stereocenters. The van der Waals surface area contributed by atoms with Crippen LogP contribution in [0.3, 0.4) is 0 Å². The minimum Gasteiger partial charge on any atom is -0.103 e. The molecule has 0 bridgehead atoms. The van der Waals surface area contributed by atoms with E-state index in [-0.39, 0.29) is 0 Å². The lowest BCUT2D eigenvalue weighted by atomic mass is 9.69. The zero-order valence-corrected chi connectivity index (χ0v) is 11.7. The molecular formula is C17H30. The fourth-order valence-electron chi connectivity index (χ4n) is 4.21. The molecule has 0 aromatic heterocycles. The summed E-state index contributed by atoms with van der Waals surface area (Å²) in [5.74, 6) is 4.05. The van der Waals surface area contributed by atoms with Gasteiger partial charge in [0.2, 0.25) is 0 Å². The minimum absolute atomic E-state index is 0.836. The largest absolute Gasteiger partial charge is 0.103 e. The quantitative estimate of drug-likeness (QED) is 0.557. The van der Waals surface area contributed by atoms with E-state index in [2.05, 4.69) is 19.6 Å². The van der Waals surface area contributed by atoms with Gasteiger partial charge in [0.05, 0.1) is 0 Å². The Morgan fingerprint density at radius 1 is 0.882 bits per heavy atom. The van der Waals surface area contributed by atoms with E-state index < -0.39 is 0 Å². The predicted octanol–water partition coefficient (Wildman–Crippen LogP) is 5.59. The van der Waals surface area contributed by atoms with Gasteiger partial charge in [-0.25, -0.2) is 0 Å². The molecule has 2 fully saturated rings. The van der Waals surface area contributed by atoms with Gasteiger partial charge in [0.15, 0.2) is 0 Å². The van der Waals surface area contributed by atoms with Crippen LogP contribution in [-0.4, -0.2) is 0 Å². The summed E-state index contributed by atoms with van der Waals surface area (Å²) < 4.78 is 0. The summed E-state index contributed by atoms with van der Waals surface area (Å²) in [5, 5.41) is 0. The van der Waals surface area contributed by atoms with Gasteiger partial charge in [0.25, 0.3) is 0 Å². The molecule has 0 aliphatic heterocycles. The first-order valence-corrected chi connectivity index (χ1v) is 7.96. The Balaban J connectivity index is 1.72. The van der Waals surface area contributed by atoms with Gasteiger partial charge in [-0.1, -0.05) is 38.7 Å². The van der Waals surface area contributed by atoms with E-state index in [9.17, 15) is 0 Å². The van der Waals surface area contributed by atoms with Crippen LogP contribution in [0.4, 0.5) is 0 Å². The maximum absolute atomic E-state index is 3.95. The highest BCUT2D eigenvalue weighted by atomic mass is 14.3. The van der Waals surface area contributed by atoms with Crippen LogP contribution in [-0.2, 0) is 0 Å². The summed E-state index contributed by atoms with van der Waals surface area (Å²) in [6, 6.07) is 0. The number of rotatable bonds is 4. The molecule has 0 amide bonds. The van der Waals surface area contributed by atoms with Gasteiger partial charge >= 0.3 is 0 Å². The molecule has 2 aliphatic rings. The lowest BCUT2D eigenvalue weighted by molar-refractivity contribution is 0.152. The van der Waals surface area contributed by atoms with Crippen molar-refractivity contribution in [2.75, 3.05) is 0 Å². The van der Waals surface area contributed by atoms with E-state index >= 15 is 0 Å². The van der Waals surface area contributed by atoms with Gasteiger partial charge in [-0.15, -0.1) is 6.58 Å². The molecule has 0 unspecified atom stereocenters. The molecule has 17 heavy (non-hydrogen) atoms. The molecule has 2 rings (SSSR count). The standard InChI is InChI=1S/C17H30/c1-3-5-15-8-12-17(13-9-15)16-10-6-14(4-2)7-11-16/h4,14-17H,2-3,5-13H2,1H3/t14?,15-,16?,17-. The second-order valence-corrected chi connectivity index (χ2v) is 6.48. The van der Waals surface area contributed by atoms with Crippen LogP contribution >= 0.6 is 0 Å². The minimum atomic E-state index is 0.836. The molecule has 2 aliphatic carbocycles. The molecule has 0 saturated heterocycles. The molecule has 0 heteroatoms. The zero-order valence-electron chi connectivity index (χ0n) is 11.7. The van der Waals surface area contributed by atoms with Crippen molar-refractivity contribution in [3.63, 3.8) is 0 Å². The van der Waals surface area contributed by atoms with E-state index in [4.69, 9.17) is 0 Å². The van der Waals surface area contributed by atoms with E-state index in [1.807, 2.05) is 0 Å². The summed E-state index contributed by atoms with van der Waals surface area (Å²) in [6.07, 6.45) is 17.0. The van der Waals surface area contributed by atoms with Crippen LogP contribution < -0.4 is 0 Å². The third kappa shape index (κ3) is 3.60. The lowest BCUT2D eigenvalue weighted by Gasteiger charge is -2.37. The van der Waals surface area contributed by atoms with Gasteiger partial charge < -0.3 is 0 Å². The van der Waals surface area contributed by atoms with Crippen molar-refractivity contribution in [1.29, 1.82) is 0 Å². The van der Waals surface area contributed by atoms with Gasteiger partial charge in [0.1, 0.15) is 0 Å².